The lowest BCUT2D eigenvalue weighted by molar-refractivity contribution is -0.144. The van der Waals surface area contributed by atoms with E-state index < -0.39 is 30.4 Å². The van der Waals surface area contributed by atoms with Gasteiger partial charge in [-0.05, 0) is 18.1 Å². The second-order valence-corrected chi connectivity index (χ2v) is 5.11. The number of benzene rings is 1. The van der Waals surface area contributed by atoms with E-state index in [0.29, 0.717) is 12.0 Å². The molecule has 0 bridgehead atoms. The van der Waals surface area contributed by atoms with E-state index in [2.05, 4.69) is 0 Å². The van der Waals surface area contributed by atoms with Gasteiger partial charge in [0.15, 0.2) is 11.6 Å². The Morgan fingerprint density at radius 1 is 1.24 bits per heavy atom. The van der Waals surface area contributed by atoms with Crippen LogP contribution in [0.1, 0.15) is 12.0 Å². The third kappa shape index (κ3) is 4.25. The third-order valence-electron chi connectivity index (χ3n) is 3.25. The lowest BCUT2D eigenvalue weighted by Gasteiger charge is -2.25. The summed E-state index contributed by atoms with van der Waals surface area (Å²) in [6.45, 7) is -1.20. The molecule has 21 heavy (non-hydrogen) atoms. The smallest absolute Gasteiger partial charge is 0.326 e. The Balaban J connectivity index is 2.28. The maximum absolute atomic E-state index is 13.8. The van der Waals surface area contributed by atoms with Crippen molar-refractivity contribution in [2.24, 2.45) is 5.73 Å². The maximum Gasteiger partial charge on any atom is 0.401 e. The first-order valence-electron chi connectivity index (χ1n) is 6.44. The van der Waals surface area contributed by atoms with Gasteiger partial charge in [0, 0.05) is 24.7 Å². The molecule has 0 saturated heterocycles. The molecule has 2 rings (SSSR count). The Morgan fingerprint density at radius 2 is 1.95 bits per heavy atom. The van der Waals surface area contributed by atoms with Crippen LogP contribution in [0.2, 0.25) is 0 Å². The Hall–Kier alpha value is -1.47. The van der Waals surface area contributed by atoms with Crippen molar-refractivity contribution in [2.75, 3.05) is 19.6 Å². The van der Waals surface area contributed by atoms with Gasteiger partial charge in [-0.3, -0.25) is 4.90 Å². The van der Waals surface area contributed by atoms with E-state index in [-0.39, 0.29) is 18.7 Å². The Bertz CT molecular complexity index is 539. The predicted molar refractivity (Wildman–Crippen MR) is 69.4 cm³/mol. The molecule has 1 aromatic carbocycles. The minimum Gasteiger partial charge on any atom is -0.326 e. The molecule has 0 unspecified atom stereocenters. The first-order valence-corrected chi connectivity index (χ1v) is 6.44. The summed E-state index contributed by atoms with van der Waals surface area (Å²) in [5.41, 5.74) is 6.04. The molecule has 2 N–H and O–H groups in total. The Labute approximate surface area is 119 Å². The first-order chi connectivity index (χ1) is 9.76. The molecule has 0 radical (unpaired) electrons. The van der Waals surface area contributed by atoms with Gasteiger partial charge in [-0.25, -0.2) is 8.78 Å². The lowest BCUT2D eigenvalue weighted by atomic mass is 10.0. The fourth-order valence-electron chi connectivity index (χ4n) is 2.39. The summed E-state index contributed by atoms with van der Waals surface area (Å²) in [7, 11) is 0. The number of hydrogen-bond donors (Lipinski definition) is 1. The SMILES string of the molecule is N[C@H]1CC=C(c2cccc(F)c2F)CN(CC(F)(F)F)C1. The third-order valence-corrected chi connectivity index (χ3v) is 3.25. The van der Waals surface area contributed by atoms with E-state index in [1.165, 1.54) is 12.1 Å². The van der Waals surface area contributed by atoms with Gasteiger partial charge in [-0.1, -0.05) is 18.2 Å². The maximum atomic E-state index is 13.8. The summed E-state index contributed by atoms with van der Waals surface area (Å²) >= 11 is 0. The van der Waals surface area contributed by atoms with Crippen LogP contribution in [0.5, 0.6) is 0 Å². The zero-order chi connectivity index (χ0) is 15.6. The van der Waals surface area contributed by atoms with Crippen LogP contribution >= 0.6 is 0 Å². The van der Waals surface area contributed by atoms with Crippen LogP contribution in [0.3, 0.4) is 0 Å². The van der Waals surface area contributed by atoms with Crippen molar-refractivity contribution in [1.29, 1.82) is 0 Å². The summed E-state index contributed by atoms with van der Waals surface area (Å²) in [5, 5.41) is 0. The molecule has 0 saturated carbocycles. The quantitative estimate of drug-likeness (QED) is 0.851. The zero-order valence-electron chi connectivity index (χ0n) is 11.1. The van der Waals surface area contributed by atoms with Gasteiger partial charge in [0.25, 0.3) is 0 Å². The molecule has 1 heterocycles. The summed E-state index contributed by atoms with van der Waals surface area (Å²) in [5.74, 6) is -2.07. The largest absolute Gasteiger partial charge is 0.401 e. The highest BCUT2D eigenvalue weighted by Gasteiger charge is 2.32. The van der Waals surface area contributed by atoms with E-state index in [1.807, 2.05) is 0 Å². The first kappa shape index (κ1) is 15.9. The van der Waals surface area contributed by atoms with Crippen LogP contribution < -0.4 is 5.73 Å². The monoisotopic (exact) mass is 306 g/mol. The van der Waals surface area contributed by atoms with Crippen molar-refractivity contribution in [2.45, 2.75) is 18.6 Å². The lowest BCUT2D eigenvalue weighted by Crippen LogP contribution is -2.41. The fourth-order valence-corrected chi connectivity index (χ4v) is 2.39. The predicted octanol–water partition coefficient (Wildman–Crippen LogP) is 2.94. The van der Waals surface area contributed by atoms with Crippen LogP contribution in [0.4, 0.5) is 22.0 Å². The van der Waals surface area contributed by atoms with Crippen LogP contribution in [0, 0.1) is 11.6 Å². The van der Waals surface area contributed by atoms with E-state index in [0.717, 1.165) is 11.0 Å². The molecule has 0 amide bonds. The number of alkyl halides is 3. The highest BCUT2D eigenvalue weighted by Crippen LogP contribution is 2.26. The van der Waals surface area contributed by atoms with Crippen molar-refractivity contribution in [3.63, 3.8) is 0 Å². The average molecular weight is 306 g/mol. The van der Waals surface area contributed by atoms with E-state index >= 15 is 0 Å². The van der Waals surface area contributed by atoms with Crippen molar-refractivity contribution < 1.29 is 22.0 Å². The summed E-state index contributed by atoms with van der Waals surface area (Å²) in [6, 6.07) is 3.18. The van der Waals surface area contributed by atoms with Crippen molar-refractivity contribution >= 4 is 5.57 Å². The number of nitrogens with zero attached hydrogens (tertiary/aromatic N) is 1. The Kier molecular flexibility index (Phi) is 4.63. The van der Waals surface area contributed by atoms with Gasteiger partial charge < -0.3 is 5.73 Å². The number of halogens is 5. The fraction of sp³-hybridized carbons (Fsp3) is 0.429. The number of rotatable bonds is 2. The molecule has 0 aromatic heterocycles. The minimum absolute atomic E-state index is 0.0173. The van der Waals surface area contributed by atoms with Crippen LogP contribution in [0.15, 0.2) is 24.3 Å². The summed E-state index contributed by atoms with van der Waals surface area (Å²) < 4.78 is 64.7. The number of hydrogen-bond acceptors (Lipinski definition) is 2. The zero-order valence-corrected chi connectivity index (χ0v) is 11.1. The van der Waals surface area contributed by atoms with Gasteiger partial charge in [0.05, 0.1) is 6.54 Å². The van der Waals surface area contributed by atoms with Gasteiger partial charge >= 0.3 is 6.18 Å². The summed E-state index contributed by atoms with van der Waals surface area (Å²) in [4.78, 5) is 1.11. The highest BCUT2D eigenvalue weighted by molar-refractivity contribution is 5.67. The molecule has 0 fully saturated rings. The topological polar surface area (TPSA) is 29.3 Å². The van der Waals surface area contributed by atoms with Gasteiger partial charge in [-0.15, -0.1) is 0 Å². The van der Waals surface area contributed by atoms with E-state index in [1.54, 1.807) is 6.08 Å². The van der Waals surface area contributed by atoms with Gasteiger partial charge in [-0.2, -0.15) is 13.2 Å². The molecular formula is C14H15F5N2. The second kappa shape index (κ2) is 6.11. The van der Waals surface area contributed by atoms with Crippen molar-refractivity contribution in [3.05, 3.63) is 41.5 Å². The molecule has 1 atom stereocenters. The van der Waals surface area contributed by atoms with E-state index in [4.69, 9.17) is 5.73 Å². The molecule has 0 spiro atoms. The van der Waals surface area contributed by atoms with Crippen LogP contribution in [-0.2, 0) is 0 Å². The molecule has 1 aromatic rings. The average Bonchev–Trinajstić information content (AvgIpc) is 2.52. The molecule has 0 aliphatic carbocycles. The standard InChI is InChI=1S/C14H15F5N2/c15-12-3-1-2-11(13(12)16)9-4-5-10(20)7-21(6-9)8-14(17,18)19/h1-4,10H,5-8,20H2/t10-/m0/s1. The molecular weight excluding hydrogens is 291 g/mol. The highest BCUT2D eigenvalue weighted by atomic mass is 19.4. The van der Waals surface area contributed by atoms with Gasteiger partial charge in [0.2, 0.25) is 0 Å². The van der Waals surface area contributed by atoms with Crippen LogP contribution in [0.25, 0.3) is 5.57 Å². The van der Waals surface area contributed by atoms with Crippen LogP contribution in [-0.4, -0.2) is 36.8 Å². The molecule has 7 heteroatoms. The Morgan fingerprint density at radius 3 is 2.62 bits per heavy atom. The molecule has 2 nitrogen and oxygen atoms in total. The normalized spacial score (nSPS) is 21.0. The van der Waals surface area contributed by atoms with Gasteiger partial charge in [0.1, 0.15) is 0 Å². The second-order valence-electron chi connectivity index (χ2n) is 5.11. The number of nitrogens with two attached hydrogens (primary N) is 1. The van der Waals surface area contributed by atoms with Crippen molar-refractivity contribution in [1.82, 2.24) is 4.90 Å². The summed E-state index contributed by atoms with van der Waals surface area (Å²) in [6.07, 6.45) is -2.46. The molecule has 1 aliphatic heterocycles. The van der Waals surface area contributed by atoms with E-state index in [9.17, 15) is 22.0 Å². The molecule has 1 aliphatic rings. The van der Waals surface area contributed by atoms with Crippen molar-refractivity contribution in [3.8, 4) is 0 Å². The molecule has 116 valence electrons. The minimum atomic E-state index is -4.37.